The number of imide groups is 1. The predicted molar refractivity (Wildman–Crippen MR) is 55.0 cm³/mol. The van der Waals surface area contributed by atoms with E-state index in [0.717, 1.165) is 10.6 Å². The van der Waals surface area contributed by atoms with Crippen LogP contribution in [-0.4, -0.2) is 23.0 Å². The average Bonchev–Trinajstić information content (AvgIpc) is 2.58. The molecule has 0 saturated heterocycles. The lowest BCUT2D eigenvalue weighted by Crippen LogP contribution is -2.24. The lowest BCUT2D eigenvalue weighted by atomic mass is 10.2. The van der Waals surface area contributed by atoms with E-state index in [2.05, 4.69) is 5.10 Å². The minimum Gasteiger partial charge on any atom is -0.267 e. The van der Waals surface area contributed by atoms with Crippen LogP contribution in [0, 0.1) is 0 Å². The van der Waals surface area contributed by atoms with Gasteiger partial charge in [0, 0.05) is 12.2 Å². The van der Waals surface area contributed by atoms with E-state index in [9.17, 15) is 9.59 Å². The van der Waals surface area contributed by atoms with Crippen LogP contribution in [0.15, 0.2) is 47.6 Å². The van der Waals surface area contributed by atoms with Gasteiger partial charge in [0.15, 0.2) is 0 Å². The van der Waals surface area contributed by atoms with Crippen LogP contribution in [0.3, 0.4) is 0 Å². The van der Waals surface area contributed by atoms with Crippen molar-refractivity contribution in [3.05, 3.63) is 48.0 Å². The third kappa shape index (κ3) is 1.99. The summed E-state index contributed by atoms with van der Waals surface area (Å²) in [6.45, 7) is 0. The number of rotatable bonds is 2. The summed E-state index contributed by atoms with van der Waals surface area (Å²) in [5, 5.41) is 4.63. The Labute approximate surface area is 86.5 Å². The van der Waals surface area contributed by atoms with Crippen LogP contribution in [0.5, 0.6) is 0 Å². The van der Waals surface area contributed by atoms with E-state index in [4.69, 9.17) is 0 Å². The molecule has 0 spiro atoms. The van der Waals surface area contributed by atoms with Gasteiger partial charge < -0.3 is 0 Å². The topological polar surface area (TPSA) is 49.7 Å². The third-order valence-corrected chi connectivity index (χ3v) is 1.91. The van der Waals surface area contributed by atoms with Crippen molar-refractivity contribution in [2.45, 2.75) is 0 Å². The van der Waals surface area contributed by atoms with E-state index in [1.54, 1.807) is 0 Å². The van der Waals surface area contributed by atoms with E-state index in [0.29, 0.717) is 0 Å². The Morgan fingerprint density at radius 3 is 2.20 bits per heavy atom. The molecule has 1 aliphatic heterocycles. The zero-order valence-electron chi connectivity index (χ0n) is 7.83. The molecule has 0 atom stereocenters. The molecule has 2 amide bonds. The minimum atomic E-state index is -0.410. The summed E-state index contributed by atoms with van der Waals surface area (Å²) in [7, 11) is 0. The second-order valence-electron chi connectivity index (χ2n) is 2.98. The summed E-state index contributed by atoms with van der Waals surface area (Å²) >= 11 is 0. The lowest BCUT2D eigenvalue weighted by molar-refractivity contribution is -0.136. The van der Waals surface area contributed by atoms with Crippen molar-refractivity contribution in [3.8, 4) is 0 Å². The molecule has 0 fully saturated rings. The predicted octanol–water partition coefficient (Wildman–Crippen LogP) is 0.946. The molecule has 0 aliphatic carbocycles. The van der Waals surface area contributed by atoms with Crippen LogP contribution in [-0.2, 0) is 9.59 Å². The largest absolute Gasteiger partial charge is 0.274 e. The number of hydrogen-bond acceptors (Lipinski definition) is 3. The summed E-state index contributed by atoms with van der Waals surface area (Å²) in [6, 6.07) is 9.26. The molecule has 74 valence electrons. The van der Waals surface area contributed by atoms with Crippen molar-refractivity contribution in [1.29, 1.82) is 0 Å². The van der Waals surface area contributed by atoms with Crippen LogP contribution in [0.4, 0.5) is 0 Å². The third-order valence-electron chi connectivity index (χ3n) is 1.91. The Balaban J connectivity index is 2.13. The maximum absolute atomic E-state index is 11.1. The molecule has 1 heterocycles. The summed E-state index contributed by atoms with van der Waals surface area (Å²) in [6.07, 6.45) is 3.87. The molecule has 1 aromatic rings. The van der Waals surface area contributed by atoms with E-state index >= 15 is 0 Å². The molecule has 15 heavy (non-hydrogen) atoms. The SMILES string of the molecule is O=C1C=CC(=O)N1/N=C\c1ccccc1. The summed E-state index contributed by atoms with van der Waals surface area (Å²) in [4.78, 5) is 22.2. The quantitative estimate of drug-likeness (QED) is 0.527. The number of hydrogen-bond donors (Lipinski definition) is 0. The van der Waals surface area contributed by atoms with E-state index in [1.807, 2.05) is 30.3 Å². The smallest absolute Gasteiger partial charge is 0.267 e. The highest BCUT2D eigenvalue weighted by molar-refractivity contribution is 6.13. The van der Waals surface area contributed by atoms with Gasteiger partial charge in [0.25, 0.3) is 11.8 Å². The first kappa shape index (κ1) is 9.33. The second kappa shape index (κ2) is 3.88. The van der Waals surface area contributed by atoms with Crippen LogP contribution >= 0.6 is 0 Å². The van der Waals surface area contributed by atoms with Crippen molar-refractivity contribution < 1.29 is 9.59 Å². The van der Waals surface area contributed by atoms with Gasteiger partial charge in [-0.2, -0.15) is 10.1 Å². The Hall–Kier alpha value is -2.23. The first-order chi connectivity index (χ1) is 7.27. The number of benzene rings is 1. The highest BCUT2D eigenvalue weighted by Gasteiger charge is 2.22. The van der Waals surface area contributed by atoms with Gasteiger partial charge in [-0.1, -0.05) is 30.3 Å². The molecule has 0 N–H and O–H groups in total. The molecule has 1 aliphatic rings. The molecule has 4 heteroatoms. The molecule has 0 bridgehead atoms. The molecule has 0 saturated carbocycles. The highest BCUT2D eigenvalue weighted by atomic mass is 16.2. The monoisotopic (exact) mass is 200 g/mol. The van der Waals surface area contributed by atoms with Gasteiger partial charge in [0.2, 0.25) is 0 Å². The van der Waals surface area contributed by atoms with Crippen molar-refractivity contribution in [3.63, 3.8) is 0 Å². The molecular formula is C11H8N2O2. The molecule has 0 unspecified atom stereocenters. The standard InChI is InChI=1S/C11H8N2O2/c14-10-6-7-11(15)13(10)12-8-9-4-2-1-3-5-9/h1-8H/b12-8-. The Morgan fingerprint density at radius 2 is 1.60 bits per heavy atom. The van der Waals surface area contributed by atoms with Gasteiger partial charge in [-0.05, 0) is 5.56 Å². The second-order valence-corrected chi connectivity index (χ2v) is 2.98. The molecular weight excluding hydrogens is 192 g/mol. The summed E-state index contributed by atoms with van der Waals surface area (Å²) in [5.74, 6) is -0.820. The average molecular weight is 200 g/mol. The number of hydrazone groups is 1. The number of carbonyl (C=O) groups is 2. The van der Waals surface area contributed by atoms with Crippen LogP contribution in [0.25, 0.3) is 0 Å². The fourth-order valence-electron chi connectivity index (χ4n) is 1.17. The van der Waals surface area contributed by atoms with Gasteiger partial charge >= 0.3 is 0 Å². The Bertz CT molecular complexity index is 431. The van der Waals surface area contributed by atoms with Gasteiger partial charge in [0.05, 0.1) is 6.21 Å². The van der Waals surface area contributed by atoms with Crippen molar-refractivity contribution in [2.24, 2.45) is 5.10 Å². The fourth-order valence-corrected chi connectivity index (χ4v) is 1.17. The van der Waals surface area contributed by atoms with E-state index in [-0.39, 0.29) is 0 Å². The molecule has 0 radical (unpaired) electrons. The van der Waals surface area contributed by atoms with Gasteiger partial charge in [-0.25, -0.2) is 0 Å². The molecule has 1 aromatic carbocycles. The number of nitrogens with zero attached hydrogens (tertiary/aromatic N) is 2. The Kier molecular flexibility index (Phi) is 2.41. The van der Waals surface area contributed by atoms with E-state index < -0.39 is 11.8 Å². The van der Waals surface area contributed by atoms with Crippen molar-refractivity contribution >= 4 is 18.0 Å². The fraction of sp³-hybridized carbons (Fsp3) is 0. The minimum absolute atomic E-state index is 0.410. The molecule has 2 rings (SSSR count). The molecule has 0 aromatic heterocycles. The van der Waals surface area contributed by atoms with Crippen molar-refractivity contribution in [1.82, 2.24) is 5.01 Å². The van der Waals surface area contributed by atoms with Crippen LogP contribution in [0.2, 0.25) is 0 Å². The zero-order valence-corrected chi connectivity index (χ0v) is 7.83. The number of amides is 2. The Morgan fingerprint density at radius 1 is 1.00 bits per heavy atom. The lowest BCUT2D eigenvalue weighted by Gasteiger charge is -2.04. The van der Waals surface area contributed by atoms with Gasteiger partial charge in [-0.3, -0.25) is 9.59 Å². The summed E-state index contributed by atoms with van der Waals surface area (Å²) < 4.78 is 0. The van der Waals surface area contributed by atoms with Crippen LogP contribution < -0.4 is 0 Å². The first-order valence-corrected chi connectivity index (χ1v) is 4.42. The van der Waals surface area contributed by atoms with Crippen LogP contribution in [0.1, 0.15) is 5.56 Å². The van der Waals surface area contributed by atoms with Gasteiger partial charge in [0.1, 0.15) is 0 Å². The summed E-state index contributed by atoms with van der Waals surface area (Å²) in [5.41, 5.74) is 0.838. The zero-order chi connectivity index (χ0) is 10.7. The maximum Gasteiger partial charge on any atom is 0.274 e. The van der Waals surface area contributed by atoms with E-state index in [1.165, 1.54) is 18.4 Å². The highest BCUT2D eigenvalue weighted by Crippen LogP contribution is 2.04. The van der Waals surface area contributed by atoms with Crippen molar-refractivity contribution in [2.75, 3.05) is 0 Å². The molecule has 4 nitrogen and oxygen atoms in total. The maximum atomic E-state index is 11.1. The van der Waals surface area contributed by atoms with Gasteiger partial charge in [-0.15, -0.1) is 0 Å². The first-order valence-electron chi connectivity index (χ1n) is 4.42. The normalized spacial score (nSPS) is 15.6. The number of carbonyl (C=O) groups excluding carboxylic acids is 2.